The van der Waals surface area contributed by atoms with Crippen LogP contribution in [0.1, 0.15) is 30.6 Å². The van der Waals surface area contributed by atoms with Gasteiger partial charge in [-0.25, -0.2) is 0 Å². The summed E-state index contributed by atoms with van der Waals surface area (Å²) in [6.45, 7) is 3.10. The zero-order chi connectivity index (χ0) is 14.4. The Hall–Kier alpha value is -1.46. The highest BCUT2D eigenvalue weighted by atomic mass is 79.9. The largest absolute Gasteiger partial charge is 0.398 e. The smallest absolute Gasteiger partial charge is 0.0577 e. The molecule has 0 spiro atoms. The van der Waals surface area contributed by atoms with Crippen molar-refractivity contribution in [3.05, 3.63) is 52.5 Å². The first kappa shape index (κ1) is 14.9. The van der Waals surface area contributed by atoms with Crippen LogP contribution in [0.15, 0.2) is 41.3 Å². The first-order valence-electron chi connectivity index (χ1n) is 6.74. The summed E-state index contributed by atoms with van der Waals surface area (Å²) < 4.78 is 0.983. The second-order valence-corrected chi connectivity index (χ2v) is 5.60. The molecule has 20 heavy (non-hydrogen) atoms. The minimum Gasteiger partial charge on any atom is -0.398 e. The van der Waals surface area contributed by atoms with E-state index in [0.717, 1.165) is 40.8 Å². The maximum absolute atomic E-state index is 6.00. The van der Waals surface area contributed by atoms with Crippen molar-refractivity contribution in [2.24, 2.45) is 0 Å². The van der Waals surface area contributed by atoms with E-state index in [0.29, 0.717) is 0 Å². The van der Waals surface area contributed by atoms with Gasteiger partial charge in [0.15, 0.2) is 0 Å². The van der Waals surface area contributed by atoms with Crippen molar-refractivity contribution < 1.29 is 0 Å². The van der Waals surface area contributed by atoms with E-state index >= 15 is 0 Å². The molecule has 0 saturated heterocycles. The molecule has 2 rings (SSSR count). The molecule has 0 amide bonds. The highest BCUT2D eigenvalue weighted by molar-refractivity contribution is 9.10. The molecule has 0 radical (unpaired) electrons. The third-order valence-corrected chi connectivity index (χ3v) is 3.58. The van der Waals surface area contributed by atoms with Crippen LogP contribution in [-0.4, -0.2) is 16.5 Å². The van der Waals surface area contributed by atoms with Crippen LogP contribution >= 0.6 is 15.9 Å². The minimum absolute atomic E-state index is 0.148. The summed E-state index contributed by atoms with van der Waals surface area (Å²) in [5, 5.41) is 3.52. The fraction of sp³-hybridized carbons (Fsp3) is 0.333. The lowest BCUT2D eigenvalue weighted by Gasteiger charge is -2.19. The van der Waals surface area contributed by atoms with Gasteiger partial charge in [-0.05, 0) is 59.1 Å². The number of rotatable bonds is 6. The first-order valence-corrected chi connectivity index (χ1v) is 7.53. The van der Waals surface area contributed by atoms with Gasteiger partial charge in [0, 0.05) is 28.8 Å². The number of anilines is 1. The van der Waals surface area contributed by atoms with Crippen molar-refractivity contribution in [3.8, 4) is 0 Å². The Kier molecular flexibility index (Phi) is 5.49. The van der Waals surface area contributed by atoms with Crippen molar-refractivity contribution in [2.45, 2.75) is 25.8 Å². The van der Waals surface area contributed by atoms with Crippen LogP contribution < -0.4 is 11.1 Å². The van der Waals surface area contributed by atoms with Gasteiger partial charge < -0.3 is 11.1 Å². The number of pyridine rings is 2. The number of nitrogen functional groups attached to an aromatic ring is 1. The van der Waals surface area contributed by atoms with Crippen LogP contribution in [0.4, 0.5) is 5.69 Å². The van der Waals surface area contributed by atoms with Gasteiger partial charge in [0.05, 0.1) is 11.7 Å². The van der Waals surface area contributed by atoms with Crippen molar-refractivity contribution in [2.75, 3.05) is 12.3 Å². The van der Waals surface area contributed by atoms with Gasteiger partial charge >= 0.3 is 0 Å². The Labute approximate surface area is 128 Å². The quantitative estimate of drug-likeness (QED) is 0.851. The van der Waals surface area contributed by atoms with E-state index in [1.165, 1.54) is 0 Å². The second-order valence-electron chi connectivity index (χ2n) is 4.69. The van der Waals surface area contributed by atoms with Crippen molar-refractivity contribution in [3.63, 3.8) is 0 Å². The second kappa shape index (κ2) is 7.36. The molecule has 4 nitrogen and oxygen atoms in total. The third kappa shape index (κ3) is 4.02. The molecule has 3 N–H and O–H groups in total. The molecule has 5 heteroatoms. The predicted octanol–water partition coefficient (Wildman–Crippen LogP) is 3.10. The molecule has 0 bridgehead atoms. The van der Waals surface area contributed by atoms with E-state index in [2.05, 4.69) is 38.1 Å². The summed E-state index contributed by atoms with van der Waals surface area (Å²) in [5.41, 5.74) is 8.85. The molecule has 2 aromatic rings. The average molecular weight is 335 g/mol. The molecule has 0 aliphatic carbocycles. The standard InChI is InChI=1S/C15H19BrN4/c1-2-6-19-15(14-4-3-12(16)10-20-14)8-11-9-18-7-5-13(11)17/h3-5,7,9-10,15,19H,2,6,8H2,1H3,(H2,17,18). The van der Waals surface area contributed by atoms with Gasteiger partial charge in [-0.2, -0.15) is 0 Å². The van der Waals surface area contributed by atoms with E-state index in [-0.39, 0.29) is 6.04 Å². The lowest BCUT2D eigenvalue weighted by atomic mass is 10.0. The van der Waals surface area contributed by atoms with E-state index < -0.39 is 0 Å². The normalized spacial score (nSPS) is 12.3. The van der Waals surface area contributed by atoms with Crippen LogP contribution in [0.5, 0.6) is 0 Å². The lowest BCUT2D eigenvalue weighted by Crippen LogP contribution is -2.25. The summed E-state index contributed by atoms with van der Waals surface area (Å²) >= 11 is 3.41. The summed E-state index contributed by atoms with van der Waals surface area (Å²) in [4.78, 5) is 8.64. The monoisotopic (exact) mass is 334 g/mol. The lowest BCUT2D eigenvalue weighted by molar-refractivity contribution is 0.518. The molecular formula is C15H19BrN4. The Morgan fingerprint density at radius 1 is 1.30 bits per heavy atom. The van der Waals surface area contributed by atoms with Crippen molar-refractivity contribution >= 4 is 21.6 Å². The number of nitrogens with zero attached hydrogens (tertiary/aromatic N) is 2. The SMILES string of the molecule is CCCNC(Cc1cnccc1N)c1ccc(Br)cn1. The van der Waals surface area contributed by atoms with Gasteiger partial charge in [-0.3, -0.25) is 9.97 Å². The maximum atomic E-state index is 6.00. The number of halogens is 1. The number of nitrogens with two attached hydrogens (primary N) is 1. The van der Waals surface area contributed by atoms with Crippen LogP contribution in [0.2, 0.25) is 0 Å². The van der Waals surface area contributed by atoms with Gasteiger partial charge in [-0.15, -0.1) is 0 Å². The predicted molar refractivity (Wildman–Crippen MR) is 85.3 cm³/mol. The highest BCUT2D eigenvalue weighted by Crippen LogP contribution is 2.21. The zero-order valence-electron chi connectivity index (χ0n) is 11.5. The number of aromatic nitrogens is 2. The molecule has 1 unspecified atom stereocenters. The Morgan fingerprint density at radius 2 is 2.15 bits per heavy atom. The van der Waals surface area contributed by atoms with Gasteiger partial charge in [0.1, 0.15) is 0 Å². The summed E-state index contributed by atoms with van der Waals surface area (Å²) in [5.74, 6) is 0. The van der Waals surface area contributed by atoms with Gasteiger partial charge in [-0.1, -0.05) is 6.92 Å². The fourth-order valence-electron chi connectivity index (χ4n) is 2.02. The number of hydrogen-bond donors (Lipinski definition) is 2. The molecule has 1 atom stereocenters. The Balaban J connectivity index is 2.19. The summed E-state index contributed by atoms with van der Waals surface area (Å²) in [6, 6.07) is 6.02. The van der Waals surface area contributed by atoms with E-state index in [4.69, 9.17) is 5.73 Å². The molecular weight excluding hydrogens is 316 g/mol. The Morgan fingerprint density at radius 3 is 2.80 bits per heavy atom. The highest BCUT2D eigenvalue weighted by Gasteiger charge is 2.14. The molecule has 0 aromatic carbocycles. The van der Waals surface area contributed by atoms with Crippen LogP contribution in [0.3, 0.4) is 0 Å². The van der Waals surface area contributed by atoms with Crippen molar-refractivity contribution in [1.29, 1.82) is 0 Å². The van der Waals surface area contributed by atoms with Crippen LogP contribution in [0.25, 0.3) is 0 Å². The summed E-state index contributed by atoms with van der Waals surface area (Å²) in [6.07, 6.45) is 7.23. The van der Waals surface area contributed by atoms with E-state index in [1.54, 1.807) is 6.20 Å². The molecule has 0 aliphatic rings. The Bertz CT molecular complexity index is 542. The van der Waals surface area contributed by atoms with Gasteiger partial charge in [0.2, 0.25) is 0 Å². The molecule has 0 fully saturated rings. The van der Waals surface area contributed by atoms with E-state index in [1.807, 2.05) is 30.6 Å². The van der Waals surface area contributed by atoms with Crippen LogP contribution in [0, 0.1) is 0 Å². The first-order chi connectivity index (χ1) is 9.70. The third-order valence-electron chi connectivity index (χ3n) is 3.11. The minimum atomic E-state index is 0.148. The molecule has 2 heterocycles. The topological polar surface area (TPSA) is 63.8 Å². The average Bonchev–Trinajstić information content (AvgIpc) is 2.46. The van der Waals surface area contributed by atoms with Crippen LogP contribution in [-0.2, 0) is 6.42 Å². The molecule has 0 aliphatic heterocycles. The van der Waals surface area contributed by atoms with Gasteiger partial charge in [0.25, 0.3) is 0 Å². The fourth-order valence-corrected chi connectivity index (χ4v) is 2.26. The molecule has 0 saturated carbocycles. The van der Waals surface area contributed by atoms with Crippen molar-refractivity contribution in [1.82, 2.24) is 15.3 Å². The maximum Gasteiger partial charge on any atom is 0.0577 e. The zero-order valence-corrected chi connectivity index (χ0v) is 13.1. The number of nitrogens with one attached hydrogen (secondary N) is 1. The molecule has 2 aromatic heterocycles. The van der Waals surface area contributed by atoms with E-state index in [9.17, 15) is 0 Å². The number of hydrogen-bond acceptors (Lipinski definition) is 4. The summed E-state index contributed by atoms with van der Waals surface area (Å²) in [7, 11) is 0. The molecule has 106 valence electrons.